The third-order valence-corrected chi connectivity index (χ3v) is 8.44. The van der Waals surface area contributed by atoms with Gasteiger partial charge in [0.2, 0.25) is 11.8 Å². The summed E-state index contributed by atoms with van der Waals surface area (Å²) in [6.07, 6.45) is -6.59. The first-order valence-corrected chi connectivity index (χ1v) is 15.4. The molecule has 1 saturated heterocycles. The van der Waals surface area contributed by atoms with Crippen LogP contribution < -0.4 is 20.3 Å². The van der Waals surface area contributed by atoms with Gasteiger partial charge in [0.25, 0.3) is 0 Å². The average molecular weight is 667 g/mol. The molecule has 0 bridgehead atoms. The molecule has 1 aromatic carbocycles. The van der Waals surface area contributed by atoms with E-state index in [1.807, 2.05) is 6.92 Å². The quantitative estimate of drug-likeness (QED) is 0.242. The van der Waals surface area contributed by atoms with Crippen LogP contribution in [0, 0.1) is 0 Å². The lowest BCUT2D eigenvalue weighted by molar-refractivity contribution is -0.143. The number of ether oxygens (including phenoxy) is 2. The van der Waals surface area contributed by atoms with E-state index in [0.29, 0.717) is 47.9 Å². The lowest BCUT2D eigenvalue weighted by Gasteiger charge is -2.39. The predicted molar refractivity (Wildman–Crippen MR) is 161 cm³/mol. The molecule has 2 aliphatic heterocycles. The number of halogens is 6. The van der Waals surface area contributed by atoms with Crippen molar-refractivity contribution in [1.29, 1.82) is 0 Å². The summed E-state index contributed by atoms with van der Waals surface area (Å²) in [5.41, 5.74) is -0.991. The monoisotopic (exact) mass is 666 g/mol. The van der Waals surface area contributed by atoms with E-state index < -0.39 is 35.6 Å². The maximum atomic E-state index is 13.7. The van der Waals surface area contributed by atoms with Crippen LogP contribution in [-0.4, -0.2) is 53.9 Å². The average Bonchev–Trinajstić information content (AvgIpc) is 3.04. The molecule has 4 heterocycles. The van der Waals surface area contributed by atoms with Crippen LogP contribution in [0.2, 0.25) is 0 Å². The van der Waals surface area contributed by atoms with Gasteiger partial charge >= 0.3 is 18.4 Å². The van der Waals surface area contributed by atoms with Gasteiger partial charge in [0.05, 0.1) is 48.0 Å². The summed E-state index contributed by atoms with van der Waals surface area (Å²) in [4.78, 5) is 28.4. The second kappa shape index (κ2) is 13.9. The molecule has 0 radical (unpaired) electrons. The van der Waals surface area contributed by atoms with Crippen molar-refractivity contribution in [2.75, 3.05) is 37.0 Å². The Morgan fingerprint density at radius 1 is 1.06 bits per heavy atom. The number of nitrogens with one attached hydrogen (secondary N) is 2. The number of fused-ring (bicyclic) bond motifs is 1. The van der Waals surface area contributed by atoms with Gasteiger partial charge < -0.3 is 20.1 Å². The molecule has 0 spiro atoms. The van der Waals surface area contributed by atoms with Gasteiger partial charge in [0.1, 0.15) is 0 Å². The number of hydrogen-bond donors (Lipinski definition) is 2. The van der Waals surface area contributed by atoms with Crippen LogP contribution >= 0.6 is 0 Å². The van der Waals surface area contributed by atoms with Crippen LogP contribution in [0.3, 0.4) is 0 Å². The van der Waals surface area contributed by atoms with E-state index in [1.165, 1.54) is 7.11 Å². The number of methoxy groups -OCH3 is 1. The van der Waals surface area contributed by atoms with Gasteiger partial charge in [-0.1, -0.05) is 6.92 Å². The molecule has 47 heavy (non-hydrogen) atoms. The summed E-state index contributed by atoms with van der Waals surface area (Å²) in [5.74, 6) is 0.348. The van der Waals surface area contributed by atoms with Crippen LogP contribution in [0.25, 0.3) is 0 Å². The van der Waals surface area contributed by atoms with E-state index in [1.54, 1.807) is 30.2 Å². The number of aromatic nitrogens is 3. The summed E-state index contributed by atoms with van der Waals surface area (Å²) in [6, 6.07) is 4.13. The molecule has 0 aliphatic carbocycles. The number of carbonyl (C=O) groups is 1. The molecule has 5 rings (SSSR count). The molecular formula is C32H36F6N6O3. The maximum Gasteiger partial charge on any atom is 0.416 e. The number of pyridine rings is 1. The molecule has 1 amide bonds. The fourth-order valence-corrected chi connectivity index (χ4v) is 6.19. The van der Waals surface area contributed by atoms with Crippen LogP contribution in [0.15, 0.2) is 36.5 Å². The molecule has 2 N–H and O–H groups in total. The second-order valence-corrected chi connectivity index (χ2v) is 11.6. The van der Waals surface area contributed by atoms with Crippen molar-refractivity contribution in [2.45, 2.75) is 76.3 Å². The largest absolute Gasteiger partial charge is 0.481 e. The minimum Gasteiger partial charge on any atom is -0.481 e. The first kappa shape index (κ1) is 34.2. The Balaban J connectivity index is 1.55. The first-order chi connectivity index (χ1) is 22.3. The van der Waals surface area contributed by atoms with Crippen molar-refractivity contribution < 1.29 is 40.6 Å². The third-order valence-electron chi connectivity index (χ3n) is 8.44. The second-order valence-electron chi connectivity index (χ2n) is 11.6. The zero-order valence-electron chi connectivity index (χ0n) is 26.1. The van der Waals surface area contributed by atoms with E-state index >= 15 is 0 Å². The highest BCUT2D eigenvalue weighted by molar-refractivity contribution is 5.90. The minimum absolute atomic E-state index is 0.0790. The molecule has 15 heteroatoms. The summed E-state index contributed by atoms with van der Waals surface area (Å²) in [5, 5.41) is 6.56. The molecule has 0 saturated carbocycles. The minimum atomic E-state index is -4.97. The van der Waals surface area contributed by atoms with Crippen molar-refractivity contribution in [3.05, 3.63) is 70.2 Å². The Labute approximate surface area is 268 Å². The molecule has 1 fully saturated rings. The number of piperidine rings is 1. The van der Waals surface area contributed by atoms with Crippen LogP contribution in [0.5, 0.6) is 5.88 Å². The number of nitrogens with zero attached hydrogens (tertiary/aromatic N) is 4. The standard InChI is InChI=1S/C32H36F6N6O3/c1-4-22-15-25(28-26(8-9-27(43-28)46-3)44(22)30(45)47-5-2)42-29-40-17-23(19-7-6-10-39-16-19)24(41-29)13-18-11-20(31(33,34)35)14-21(12-18)32(36,37)38/h8-9,11-12,14,17,19,22,25,39H,4-7,10,13,15-16H2,1-3H3,(H,40,41,42)/t19?,22-,25+/m1/s1. The SMILES string of the molecule is CCOC(=O)N1c2ccc(OC)nc2[C@@H](Nc2ncc(C3CCCNC3)c(Cc3cc(C(F)(F)F)cc(C(F)(F)F)c3)n2)C[C@H]1CC. The van der Waals surface area contributed by atoms with Crippen molar-refractivity contribution in [3.63, 3.8) is 0 Å². The molecule has 3 aromatic rings. The topological polar surface area (TPSA) is 102 Å². The summed E-state index contributed by atoms with van der Waals surface area (Å²) in [7, 11) is 1.46. The highest BCUT2D eigenvalue weighted by atomic mass is 19.4. The van der Waals surface area contributed by atoms with Gasteiger partial charge in [0.15, 0.2) is 0 Å². The fraction of sp³-hybridized carbons (Fsp3) is 0.500. The van der Waals surface area contributed by atoms with Gasteiger partial charge in [-0.05, 0) is 80.5 Å². The van der Waals surface area contributed by atoms with Crippen LogP contribution in [-0.2, 0) is 23.5 Å². The normalized spacial score (nSPS) is 20.0. The van der Waals surface area contributed by atoms with Gasteiger partial charge in [-0.3, -0.25) is 4.90 Å². The third kappa shape index (κ3) is 7.71. The van der Waals surface area contributed by atoms with Crippen LogP contribution in [0.1, 0.15) is 85.1 Å². The van der Waals surface area contributed by atoms with E-state index in [4.69, 9.17) is 14.5 Å². The Kier molecular flexibility index (Phi) is 10.1. The number of hydrogen-bond acceptors (Lipinski definition) is 8. The molecule has 3 atom stereocenters. The van der Waals surface area contributed by atoms with E-state index in [2.05, 4.69) is 20.6 Å². The Morgan fingerprint density at radius 2 is 1.79 bits per heavy atom. The summed E-state index contributed by atoms with van der Waals surface area (Å²) in [6.45, 7) is 5.20. The van der Waals surface area contributed by atoms with Crippen molar-refractivity contribution in [2.24, 2.45) is 0 Å². The van der Waals surface area contributed by atoms with Gasteiger partial charge in [-0.2, -0.15) is 26.3 Å². The molecule has 1 unspecified atom stereocenters. The number of alkyl halides is 6. The lowest BCUT2D eigenvalue weighted by atomic mass is 9.89. The van der Waals surface area contributed by atoms with Crippen molar-refractivity contribution in [1.82, 2.24) is 20.3 Å². The Hall–Kier alpha value is -4.14. The highest BCUT2D eigenvalue weighted by Crippen LogP contribution is 2.41. The lowest BCUT2D eigenvalue weighted by Crippen LogP contribution is -2.46. The van der Waals surface area contributed by atoms with E-state index in [9.17, 15) is 31.1 Å². The van der Waals surface area contributed by atoms with Gasteiger partial charge in [0, 0.05) is 31.3 Å². The first-order valence-electron chi connectivity index (χ1n) is 15.4. The van der Waals surface area contributed by atoms with Crippen molar-refractivity contribution >= 4 is 17.7 Å². The van der Waals surface area contributed by atoms with Crippen molar-refractivity contribution in [3.8, 4) is 5.88 Å². The maximum absolute atomic E-state index is 13.7. The summed E-state index contributed by atoms with van der Waals surface area (Å²) >= 11 is 0. The van der Waals surface area contributed by atoms with E-state index in [0.717, 1.165) is 31.5 Å². The Morgan fingerprint density at radius 3 is 2.38 bits per heavy atom. The zero-order chi connectivity index (χ0) is 33.9. The molecule has 2 aliphatic rings. The van der Waals surface area contributed by atoms with Crippen LogP contribution in [0.4, 0.5) is 42.8 Å². The molecule has 2 aromatic heterocycles. The fourth-order valence-electron chi connectivity index (χ4n) is 6.19. The summed E-state index contributed by atoms with van der Waals surface area (Å²) < 4.78 is 92.7. The highest BCUT2D eigenvalue weighted by Gasteiger charge is 2.39. The zero-order valence-corrected chi connectivity index (χ0v) is 26.1. The van der Waals surface area contributed by atoms with Gasteiger partial charge in [-0.25, -0.2) is 19.7 Å². The molecule has 254 valence electrons. The number of amides is 1. The Bertz CT molecular complexity index is 1550. The number of benzene rings is 1. The number of anilines is 2. The number of rotatable bonds is 8. The molecular weight excluding hydrogens is 630 g/mol. The van der Waals surface area contributed by atoms with E-state index in [-0.39, 0.29) is 42.6 Å². The predicted octanol–water partition coefficient (Wildman–Crippen LogP) is 7.27. The smallest absolute Gasteiger partial charge is 0.416 e. The number of carbonyl (C=O) groups excluding carboxylic acids is 1. The molecule has 9 nitrogen and oxygen atoms in total. The van der Waals surface area contributed by atoms with Gasteiger partial charge in [-0.15, -0.1) is 0 Å².